The average Bonchev–Trinajstić information content (AvgIpc) is 2.85. The Morgan fingerprint density at radius 3 is 2.22 bits per heavy atom. The second kappa shape index (κ2) is 12.7. The summed E-state index contributed by atoms with van der Waals surface area (Å²) in [7, 11) is 4.87. The molecular weight excluding hydrogens is 501 g/mol. The molecule has 2 aromatic carbocycles. The lowest BCUT2D eigenvalue weighted by Crippen LogP contribution is -2.17. The van der Waals surface area contributed by atoms with Gasteiger partial charge in [-0.25, -0.2) is 4.98 Å². The lowest BCUT2D eigenvalue weighted by Gasteiger charge is -2.16. The van der Waals surface area contributed by atoms with E-state index in [9.17, 15) is 4.79 Å². The minimum absolute atomic E-state index is 0. The van der Waals surface area contributed by atoms with Gasteiger partial charge in [0.15, 0.2) is 11.5 Å². The first-order valence-corrected chi connectivity index (χ1v) is 11.5. The lowest BCUT2D eigenvalue weighted by atomic mass is 9.96. The Hall–Kier alpha value is -3.16. The molecule has 4 rings (SSSR count). The summed E-state index contributed by atoms with van der Waals surface area (Å²) in [6.45, 7) is 4.85. The highest BCUT2D eigenvalue weighted by atomic mass is 35.5. The Balaban J connectivity index is 0.00000228. The molecular formula is C27H33Cl2N3O4. The molecule has 0 fully saturated rings. The van der Waals surface area contributed by atoms with Crippen molar-refractivity contribution < 1.29 is 14.2 Å². The molecule has 9 heteroatoms. The van der Waals surface area contributed by atoms with Crippen molar-refractivity contribution in [2.45, 2.75) is 33.1 Å². The van der Waals surface area contributed by atoms with Crippen molar-refractivity contribution in [3.05, 3.63) is 63.6 Å². The zero-order valence-electron chi connectivity index (χ0n) is 21.2. The maximum Gasteiger partial charge on any atom is 0.252 e. The molecule has 0 aliphatic carbocycles. The largest absolute Gasteiger partial charge is 0.497 e. The van der Waals surface area contributed by atoms with Crippen LogP contribution < -0.4 is 25.1 Å². The maximum atomic E-state index is 13.3. The molecule has 0 saturated carbocycles. The van der Waals surface area contributed by atoms with Gasteiger partial charge in [0.25, 0.3) is 5.56 Å². The summed E-state index contributed by atoms with van der Waals surface area (Å²) < 4.78 is 16.5. The van der Waals surface area contributed by atoms with E-state index >= 15 is 0 Å². The smallest absolute Gasteiger partial charge is 0.252 e. The van der Waals surface area contributed by atoms with Crippen molar-refractivity contribution in [1.29, 1.82) is 0 Å². The molecule has 2 aromatic heterocycles. The Morgan fingerprint density at radius 2 is 1.61 bits per heavy atom. The van der Waals surface area contributed by atoms with Gasteiger partial charge < -0.3 is 24.5 Å². The first-order chi connectivity index (χ1) is 16.5. The highest BCUT2D eigenvalue weighted by Crippen LogP contribution is 2.35. The molecule has 4 aromatic rings. The number of benzene rings is 2. The minimum atomic E-state index is -0.101. The zero-order valence-corrected chi connectivity index (χ0v) is 22.8. The fraction of sp³-hybridized carbons (Fsp3) is 0.333. The number of nitrogens with one attached hydrogen (secondary N) is 2. The van der Waals surface area contributed by atoms with E-state index in [0.29, 0.717) is 23.5 Å². The number of aromatic amines is 1. The van der Waals surface area contributed by atoms with Gasteiger partial charge in [0, 0.05) is 35.0 Å². The molecule has 0 aliphatic rings. The third kappa shape index (κ3) is 5.63. The van der Waals surface area contributed by atoms with Crippen molar-refractivity contribution >= 4 is 52.3 Å². The van der Waals surface area contributed by atoms with E-state index in [2.05, 4.69) is 23.3 Å². The number of hydrogen-bond donors (Lipinski definition) is 2. The minimum Gasteiger partial charge on any atom is -0.497 e. The SMILES string of the molecule is CCCc1[nH]c(=O)c(Cc2cc3cc(OC)ccc3nc2NCC)c2cc(OC)c(OC)cc12.Cl.Cl. The number of nitrogens with zero attached hydrogens (tertiary/aromatic N) is 1. The standard InChI is InChI=1S/C27H31N3O4.2ClH/c1-6-8-23-20-15-25(34-5)24(33-4)14-19(20)21(27(31)30-23)13-17-11-16-12-18(32-3)9-10-22(16)29-26(17)28-7-2;;/h9-12,14-15H,6-8,13H2,1-5H3,(H,28,29)(H,30,31);2*1H. The van der Waals surface area contributed by atoms with Crippen LogP contribution in [-0.2, 0) is 12.8 Å². The summed E-state index contributed by atoms with van der Waals surface area (Å²) in [6, 6.07) is 11.7. The molecule has 0 radical (unpaired) electrons. The third-order valence-corrected chi connectivity index (χ3v) is 6.02. The number of aromatic nitrogens is 2. The number of fused-ring (bicyclic) bond motifs is 2. The monoisotopic (exact) mass is 533 g/mol. The van der Waals surface area contributed by atoms with Crippen LogP contribution in [0.2, 0.25) is 0 Å². The molecule has 0 saturated heterocycles. The van der Waals surface area contributed by atoms with Crippen LogP contribution in [0.3, 0.4) is 0 Å². The van der Waals surface area contributed by atoms with Crippen molar-refractivity contribution in [3.63, 3.8) is 0 Å². The number of methoxy groups -OCH3 is 3. The van der Waals surface area contributed by atoms with Crippen LogP contribution in [0.15, 0.2) is 41.2 Å². The van der Waals surface area contributed by atoms with E-state index in [1.807, 2.05) is 37.3 Å². The van der Waals surface area contributed by atoms with Gasteiger partial charge in [0.1, 0.15) is 11.6 Å². The van der Waals surface area contributed by atoms with E-state index in [1.54, 1.807) is 21.3 Å². The zero-order chi connectivity index (χ0) is 24.2. The summed E-state index contributed by atoms with van der Waals surface area (Å²) in [5.74, 6) is 2.77. The van der Waals surface area contributed by atoms with Gasteiger partial charge >= 0.3 is 0 Å². The number of ether oxygens (including phenoxy) is 3. The molecule has 0 bridgehead atoms. The van der Waals surface area contributed by atoms with Crippen LogP contribution in [0.5, 0.6) is 17.2 Å². The number of rotatable bonds is 9. The Labute approximate surface area is 223 Å². The average molecular weight is 534 g/mol. The normalized spacial score (nSPS) is 10.5. The van der Waals surface area contributed by atoms with Gasteiger partial charge in [-0.1, -0.05) is 13.3 Å². The summed E-state index contributed by atoms with van der Waals surface area (Å²) in [6.07, 6.45) is 2.09. The van der Waals surface area contributed by atoms with Crippen LogP contribution in [0, 0.1) is 0 Å². The molecule has 0 spiro atoms. The van der Waals surface area contributed by atoms with E-state index in [0.717, 1.165) is 63.9 Å². The molecule has 2 N–H and O–H groups in total. The number of pyridine rings is 2. The van der Waals surface area contributed by atoms with Crippen molar-refractivity contribution in [3.8, 4) is 17.2 Å². The van der Waals surface area contributed by atoms with Crippen molar-refractivity contribution in [1.82, 2.24) is 9.97 Å². The first kappa shape index (κ1) is 29.1. The summed E-state index contributed by atoms with van der Waals surface area (Å²) in [5, 5.41) is 6.14. The topological polar surface area (TPSA) is 85.5 Å². The fourth-order valence-corrected chi connectivity index (χ4v) is 4.37. The van der Waals surface area contributed by atoms with Crippen molar-refractivity contribution in [2.24, 2.45) is 0 Å². The Kier molecular flexibility index (Phi) is 10.3. The molecule has 194 valence electrons. The highest BCUT2D eigenvalue weighted by Gasteiger charge is 2.18. The van der Waals surface area contributed by atoms with Gasteiger partial charge in [-0.3, -0.25) is 4.79 Å². The maximum absolute atomic E-state index is 13.3. The van der Waals surface area contributed by atoms with Crippen LogP contribution in [0.4, 0.5) is 5.82 Å². The summed E-state index contributed by atoms with van der Waals surface area (Å²) >= 11 is 0. The molecule has 2 heterocycles. The third-order valence-electron chi connectivity index (χ3n) is 6.02. The van der Waals surface area contributed by atoms with Crippen LogP contribution in [-0.4, -0.2) is 37.8 Å². The molecule has 7 nitrogen and oxygen atoms in total. The van der Waals surface area contributed by atoms with E-state index in [1.165, 1.54) is 0 Å². The number of aryl methyl sites for hydroxylation is 1. The van der Waals surface area contributed by atoms with Gasteiger partial charge in [-0.05, 0) is 60.7 Å². The lowest BCUT2D eigenvalue weighted by molar-refractivity contribution is 0.356. The Bertz CT molecular complexity index is 1410. The predicted molar refractivity (Wildman–Crippen MR) is 151 cm³/mol. The number of halogens is 2. The molecule has 0 amide bonds. The predicted octanol–water partition coefficient (Wildman–Crippen LogP) is 5.92. The van der Waals surface area contributed by atoms with E-state index < -0.39 is 0 Å². The van der Waals surface area contributed by atoms with Crippen molar-refractivity contribution in [2.75, 3.05) is 33.2 Å². The molecule has 0 aliphatic heterocycles. The molecule has 0 unspecified atom stereocenters. The molecule has 0 atom stereocenters. The number of anilines is 1. The summed E-state index contributed by atoms with van der Waals surface area (Å²) in [5.41, 5.74) is 3.27. The first-order valence-electron chi connectivity index (χ1n) is 11.5. The number of H-pyrrole nitrogens is 1. The van der Waals surface area contributed by atoms with Crippen LogP contribution in [0.1, 0.15) is 37.1 Å². The molecule has 36 heavy (non-hydrogen) atoms. The van der Waals surface area contributed by atoms with Gasteiger partial charge in [-0.2, -0.15) is 0 Å². The number of hydrogen-bond acceptors (Lipinski definition) is 6. The van der Waals surface area contributed by atoms with Gasteiger partial charge in [0.2, 0.25) is 0 Å². The Morgan fingerprint density at radius 1 is 0.917 bits per heavy atom. The van der Waals surface area contributed by atoms with E-state index in [-0.39, 0.29) is 30.4 Å². The van der Waals surface area contributed by atoms with Gasteiger partial charge in [0.05, 0.1) is 26.8 Å². The van der Waals surface area contributed by atoms with Gasteiger partial charge in [-0.15, -0.1) is 24.8 Å². The van der Waals surface area contributed by atoms with Crippen LogP contribution in [0.25, 0.3) is 21.7 Å². The van der Waals surface area contributed by atoms with E-state index in [4.69, 9.17) is 19.2 Å². The quantitative estimate of drug-likeness (QED) is 0.277. The second-order valence-electron chi connectivity index (χ2n) is 8.18. The highest BCUT2D eigenvalue weighted by molar-refractivity contribution is 5.91. The summed E-state index contributed by atoms with van der Waals surface area (Å²) in [4.78, 5) is 21.3. The van der Waals surface area contributed by atoms with Crippen LogP contribution >= 0.6 is 24.8 Å². The second-order valence-corrected chi connectivity index (χ2v) is 8.18. The fourth-order valence-electron chi connectivity index (χ4n) is 4.37.